The fraction of sp³-hybridized carbons (Fsp3) is 0.160. The maximum atomic E-state index is 4.90. The van der Waals surface area contributed by atoms with E-state index in [9.17, 15) is 0 Å². The Kier molecular flexibility index (Phi) is 5.47. The molecule has 3 N–H and O–H groups in total. The molecule has 0 amide bonds. The van der Waals surface area contributed by atoms with E-state index in [0.717, 1.165) is 52.6 Å². The molecule has 1 aromatic carbocycles. The van der Waals surface area contributed by atoms with Crippen LogP contribution in [0.5, 0.6) is 0 Å². The molecule has 0 spiro atoms. The molecule has 6 rings (SSSR count). The summed E-state index contributed by atoms with van der Waals surface area (Å²) < 4.78 is 1.10. The van der Waals surface area contributed by atoms with Crippen LogP contribution >= 0.6 is 22.7 Å². The van der Waals surface area contributed by atoms with Gasteiger partial charge in [0, 0.05) is 30.0 Å². The summed E-state index contributed by atoms with van der Waals surface area (Å²) in [6.07, 6.45) is 2.90. The Bertz CT molecular complexity index is 1370. The van der Waals surface area contributed by atoms with E-state index < -0.39 is 0 Å². The second-order valence-electron chi connectivity index (χ2n) is 8.01. The van der Waals surface area contributed by atoms with E-state index in [1.807, 2.05) is 12.1 Å². The highest BCUT2D eigenvalue weighted by atomic mass is 32.1. The fourth-order valence-corrected chi connectivity index (χ4v) is 5.47. The zero-order valence-corrected chi connectivity index (χ0v) is 19.4. The molecule has 1 aliphatic heterocycles. The Morgan fingerprint density at radius 1 is 0.939 bits per heavy atom. The first-order valence-corrected chi connectivity index (χ1v) is 12.7. The van der Waals surface area contributed by atoms with Crippen LogP contribution in [0.2, 0.25) is 0 Å². The molecule has 164 valence electrons. The number of nitrogens with zero attached hydrogens (tertiary/aromatic N) is 3. The molecule has 6 nitrogen and oxygen atoms in total. The minimum Gasteiger partial charge on any atom is -0.365 e. The van der Waals surface area contributed by atoms with Crippen molar-refractivity contribution in [3.63, 3.8) is 0 Å². The molecule has 0 bridgehead atoms. The third-order valence-corrected chi connectivity index (χ3v) is 7.33. The average Bonchev–Trinajstić information content (AvgIpc) is 3.62. The zero-order valence-electron chi connectivity index (χ0n) is 17.8. The summed E-state index contributed by atoms with van der Waals surface area (Å²) in [5.41, 5.74) is 5.34. The van der Waals surface area contributed by atoms with Crippen LogP contribution in [-0.2, 0) is 0 Å². The van der Waals surface area contributed by atoms with Crippen LogP contribution in [0.4, 0.5) is 17.3 Å². The van der Waals surface area contributed by atoms with Crippen LogP contribution in [0.3, 0.4) is 0 Å². The normalized spacial score (nSPS) is 15.7. The predicted molar refractivity (Wildman–Crippen MR) is 139 cm³/mol. The molecular weight excluding hydrogens is 448 g/mol. The lowest BCUT2D eigenvalue weighted by molar-refractivity contribution is 0.789. The van der Waals surface area contributed by atoms with Crippen LogP contribution in [0, 0.1) is 0 Å². The van der Waals surface area contributed by atoms with Crippen LogP contribution in [0.25, 0.3) is 32.7 Å². The number of anilines is 3. The second kappa shape index (κ2) is 8.90. The topological polar surface area (TPSA) is 74.8 Å². The van der Waals surface area contributed by atoms with Gasteiger partial charge in [0.1, 0.15) is 11.6 Å². The number of nitrogens with one attached hydrogen (secondary N) is 3. The monoisotopic (exact) mass is 470 g/mol. The van der Waals surface area contributed by atoms with Crippen molar-refractivity contribution in [2.24, 2.45) is 0 Å². The number of fused-ring (bicyclic) bond motifs is 1. The van der Waals surface area contributed by atoms with Crippen molar-refractivity contribution >= 4 is 50.2 Å². The first-order valence-electron chi connectivity index (χ1n) is 10.9. The van der Waals surface area contributed by atoms with Gasteiger partial charge >= 0.3 is 0 Å². The SMILES string of the molecule is c1cc(-c2nc(N[C@@H]3CCNC3)c3sccc3n2)cc(Nc2ccc(-c3ccsc3)cc2)n1. The smallest absolute Gasteiger partial charge is 0.162 e. The molecule has 33 heavy (non-hydrogen) atoms. The molecule has 1 saturated heterocycles. The highest BCUT2D eigenvalue weighted by Crippen LogP contribution is 2.31. The number of pyridine rings is 1. The number of aromatic nitrogens is 3. The number of rotatable bonds is 6. The number of hydrogen-bond acceptors (Lipinski definition) is 8. The van der Waals surface area contributed by atoms with Crippen molar-refractivity contribution in [3.05, 3.63) is 70.9 Å². The summed E-state index contributed by atoms with van der Waals surface area (Å²) >= 11 is 3.38. The largest absolute Gasteiger partial charge is 0.365 e. The summed E-state index contributed by atoms with van der Waals surface area (Å²) in [4.78, 5) is 14.2. The molecular formula is C25H22N6S2. The van der Waals surface area contributed by atoms with E-state index in [1.54, 1.807) is 28.9 Å². The lowest BCUT2D eigenvalue weighted by Crippen LogP contribution is -2.22. The Balaban J connectivity index is 1.27. The molecule has 0 radical (unpaired) electrons. The molecule has 1 atom stereocenters. The van der Waals surface area contributed by atoms with Crippen LogP contribution in [-0.4, -0.2) is 34.1 Å². The minimum atomic E-state index is 0.393. The van der Waals surface area contributed by atoms with Gasteiger partial charge in [-0.05, 0) is 76.6 Å². The quantitative estimate of drug-likeness (QED) is 0.283. The van der Waals surface area contributed by atoms with E-state index in [-0.39, 0.29) is 0 Å². The van der Waals surface area contributed by atoms with E-state index in [0.29, 0.717) is 11.9 Å². The zero-order chi connectivity index (χ0) is 22.0. The number of hydrogen-bond donors (Lipinski definition) is 3. The Morgan fingerprint density at radius 3 is 2.70 bits per heavy atom. The van der Waals surface area contributed by atoms with Crippen LogP contribution < -0.4 is 16.0 Å². The average molecular weight is 471 g/mol. The molecule has 1 aliphatic rings. The molecule has 4 aromatic heterocycles. The molecule has 1 fully saturated rings. The number of thiophene rings is 2. The maximum Gasteiger partial charge on any atom is 0.162 e. The summed E-state index contributed by atoms with van der Waals surface area (Å²) in [5.74, 6) is 2.38. The third-order valence-electron chi connectivity index (χ3n) is 5.73. The van der Waals surface area contributed by atoms with Crippen molar-refractivity contribution in [1.29, 1.82) is 0 Å². The summed E-state index contributed by atoms with van der Waals surface area (Å²) in [7, 11) is 0. The van der Waals surface area contributed by atoms with Gasteiger partial charge in [-0.25, -0.2) is 15.0 Å². The van der Waals surface area contributed by atoms with E-state index in [4.69, 9.17) is 9.97 Å². The van der Waals surface area contributed by atoms with E-state index >= 15 is 0 Å². The van der Waals surface area contributed by atoms with Gasteiger partial charge in [0.25, 0.3) is 0 Å². The summed E-state index contributed by atoms with van der Waals surface area (Å²) in [5, 5.41) is 16.8. The van der Waals surface area contributed by atoms with Crippen LogP contribution in [0.15, 0.2) is 70.9 Å². The van der Waals surface area contributed by atoms with Gasteiger partial charge in [-0.2, -0.15) is 11.3 Å². The van der Waals surface area contributed by atoms with Gasteiger partial charge in [-0.15, -0.1) is 11.3 Å². The maximum absolute atomic E-state index is 4.90. The first-order chi connectivity index (χ1) is 16.3. The second-order valence-corrected chi connectivity index (χ2v) is 9.71. The van der Waals surface area contributed by atoms with Gasteiger partial charge in [0.15, 0.2) is 5.82 Å². The van der Waals surface area contributed by atoms with Crippen molar-refractivity contribution in [2.45, 2.75) is 12.5 Å². The third kappa shape index (κ3) is 4.32. The molecule has 0 unspecified atom stereocenters. The summed E-state index contributed by atoms with van der Waals surface area (Å²) in [6, 6.07) is 16.9. The van der Waals surface area contributed by atoms with Crippen molar-refractivity contribution in [3.8, 4) is 22.5 Å². The molecule has 5 aromatic rings. The molecule has 8 heteroatoms. The van der Waals surface area contributed by atoms with Gasteiger partial charge in [-0.3, -0.25) is 0 Å². The highest BCUT2D eigenvalue weighted by Gasteiger charge is 2.18. The van der Waals surface area contributed by atoms with Crippen molar-refractivity contribution < 1.29 is 0 Å². The van der Waals surface area contributed by atoms with Gasteiger partial charge in [0.2, 0.25) is 0 Å². The molecule has 0 saturated carbocycles. The van der Waals surface area contributed by atoms with Crippen LogP contribution in [0.1, 0.15) is 6.42 Å². The number of benzene rings is 1. The van der Waals surface area contributed by atoms with Gasteiger partial charge < -0.3 is 16.0 Å². The lowest BCUT2D eigenvalue weighted by atomic mass is 10.1. The lowest BCUT2D eigenvalue weighted by Gasteiger charge is -2.14. The first kappa shape index (κ1) is 20.3. The van der Waals surface area contributed by atoms with Gasteiger partial charge in [-0.1, -0.05) is 12.1 Å². The summed E-state index contributed by atoms with van der Waals surface area (Å²) in [6.45, 7) is 2.00. The predicted octanol–water partition coefficient (Wildman–Crippen LogP) is 6.00. The molecule has 5 heterocycles. The van der Waals surface area contributed by atoms with E-state index in [2.05, 4.69) is 73.5 Å². The Morgan fingerprint density at radius 2 is 1.88 bits per heavy atom. The Hall–Kier alpha value is -3.33. The van der Waals surface area contributed by atoms with Gasteiger partial charge in [0.05, 0.1) is 10.2 Å². The fourth-order valence-electron chi connectivity index (χ4n) is 4.02. The Labute approximate surface area is 199 Å². The molecule has 0 aliphatic carbocycles. The van der Waals surface area contributed by atoms with E-state index in [1.165, 1.54) is 11.1 Å². The van der Waals surface area contributed by atoms with Crippen molar-refractivity contribution in [1.82, 2.24) is 20.3 Å². The standard InChI is InChI=1S/C25H22N6S2/c1-3-19(4-2-16(1)18-7-11-32-15-18)28-22-13-17(5-10-27-22)24-30-21-8-12-33-23(21)25(31-24)29-20-6-9-26-14-20/h1-5,7-8,10-13,15,20,26H,6,9,14H2,(H,27,28)(H,29,30,31)/t20-/m1/s1. The van der Waals surface area contributed by atoms with Crippen molar-refractivity contribution in [2.75, 3.05) is 23.7 Å². The minimum absolute atomic E-state index is 0.393. The highest BCUT2D eigenvalue weighted by molar-refractivity contribution is 7.17.